The summed E-state index contributed by atoms with van der Waals surface area (Å²) in [4.78, 5) is 19.3. The number of benzene rings is 1. The SMILES string of the molecule is CCNC(=NCc1cccc(NC(=O)c2ccco2)c1)N1CCOC(c2cnn(C)c2)C1.I. The van der Waals surface area contributed by atoms with E-state index in [2.05, 4.69) is 27.6 Å². The van der Waals surface area contributed by atoms with Crippen LogP contribution in [0.1, 0.15) is 34.7 Å². The fourth-order valence-corrected chi connectivity index (χ4v) is 3.59. The Morgan fingerprint density at radius 3 is 2.91 bits per heavy atom. The number of aliphatic imine (C=N–C) groups is 1. The molecule has 0 aliphatic carbocycles. The van der Waals surface area contributed by atoms with Gasteiger partial charge in [-0.3, -0.25) is 9.48 Å². The number of carbonyl (C=O) groups excluding carboxylic acids is 1. The Hall–Kier alpha value is -2.86. The molecule has 1 atom stereocenters. The second-order valence-corrected chi connectivity index (χ2v) is 7.55. The van der Waals surface area contributed by atoms with Crippen molar-refractivity contribution < 1.29 is 13.9 Å². The van der Waals surface area contributed by atoms with Crippen molar-refractivity contribution in [2.45, 2.75) is 19.6 Å². The zero-order chi connectivity index (χ0) is 22.3. The van der Waals surface area contributed by atoms with Gasteiger partial charge in [-0.25, -0.2) is 4.99 Å². The molecule has 4 rings (SSSR count). The number of aryl methyl sites for hydroxylation is 1. The minimum atomic E-state index is -0.279. The summed E-state index contributed by atoms with van der Waals surface area (Å²) in [5, 5.41) is 10.5. The third kappa shape index (κ3) is 6.57. The molecule has 33 heavy (non-hydrogen) atoms. The van der Waals surface area contributed by atoms with E-state index in [-0.39, 0.29) is 41.7 Å². The maximum absolute atomic E-state index is 12.2. The van der Waals surface area contributed by atoms with Gasteiger partial charge in [0.15, 0.2) is 11.7 Å². The minimum Gasteiger partial charge on any atom is -0.459 e. The highest BCUT2D eigenvalue weighted by molar-refractivity contribution is 14.0. The normalized spacial score (nSPS) is 16.2. The summed E-state index contributed by atoms with van der Waals surface area (Å²) in [5.74, 6) is 0.840. The first-order chi connectivity index (χ1) is 15.6. The Morgan fingerprint density at radius 2 is 2.18 bits per heavy atom. The average Bonchev–Trinajstić information content (AvgIpc) is 3.49. The van der Waals surface area contributed by atoms with E-state index in [0.29, 0.717) is 25.4 Å². The molecule has 2 N–H and O–H groups in total. The number of halogens is 1. The molecule has 10 heteroatoms. The van der Waals surface area contributed by atoms with Crippen LogP contribution in [-0.2, 0) is 18.3 Å². The van der Waals surface area contributed by atoms with Gasteiger partial charge in [-0.05, 0) is 36.8 Å². The van der Waals surface area contributed by atoms with E-state index in [1.165, 1.54) is 6.26 Å². The second kappa shape index (κ2) is 11.8. The first-order valence-corrected chi connectivity index (χ1v) is 10.7. The number of nitrogens with one attached hydrogen (secondary N) is 2. The minimum absolute atomic E-state index is 0. The number of guanidine groups is 1. The molecule has 2 aromatic heterocycles. The molecule has 3 aromatic rings. The van der Waals surface area contributed by atoms with Crippen LogP contribution in [0.4, 0.5) is 5.69 Å². The number of amides is 1. The van der Waals surface area contributed by atoms with Crippen LogP contribution in [0.15, 0.2) is 64.5 Å². The Morgan fingerprint density at radius 1 is 1.30 bits per heavy atom. The second-order valence-electron chi connectivity index (χ2n) is 7.55. The van der Waals surface area contributed by atoms with Gasteiger partial charge in [0, 0.05) is 37.6 Å². The Bertz CT molecular complexity index is 1070. The lowest BCUT2D eigenvalue weighted by Crippen LogP contribution is -2.48. The summed E-state index contributed by atoms with van der Waals surface area (Å²) in [6, 6.07) is 11.0. The lowest BCUT2D eigenvalue weighted by atomic mass is 10.1. The molecule has 1 aromatic carbocycles. The fraction of sp³-hybridized carbons (Fsp3) is 0.348. The number of aromatic nitrogens is 2. The number of rotatable bonds is 6. The molecule has 1 fully saturated rings. The Balaban J connectivity index is 0.00000306. The standard InChI is InChI=1S/C23H28N6O3.HI/c1-3-24-23(29-9-11-32-21(16-29)18-14-26-28(2)15-18)25-13-17-6-4-7-19(12-17)27-22(30)20-8-5-10-31-20;/h4-8,10,12,14-15,21H,3,9,11,13,16H2,1-2H3,(H,24,25)(H,27,30);1H. The van der Waals surface area contributed by atoms with Gasteiger partial charge >= 0.3 is 0 Å². The van der Waals surface area contributed by atoms with E-state index < -0.39 is 0 Å². The van der Waals surface area contributed by atoms with E-state index in [9.17, 15) is 4.79 Å². The lowest BCUT2D eigenvalue weighted by Gasteiger charge is -2.34. The van der Waals surface area contributed by atoms with Crippen LogP contribution in [0.25, 0.3) is 0 Å². The maximum Gasteiger partial charge on any atom is 0.291 e. The lowest BCUT2D eigenvalue weighted by molar-refractivity contribution is -0.00805. The van der Waals surface area contributed by atoms with Crippen LogP contribution in [-0.4, -0.2) is 52.8 Å². The number of hydrogen-bond acceptors (Lipinski definition) is 5. The summed E-state index contributed by atoms with van der Waals surface area (Å²) in [6.45, 7) is 5.41. The molecule has 0 bridgehead atoms. The molecule has 9 nitrogen and oxygen atoms in total. The summed E-state index contributed by atoms with van der Waals surface area (Å²) < 4.78 is 12.9. The predicted octanol–water partition coefficient (Wildman–Crippen LogP) is 3.42. The van der Waals surface area contributed by atoms with Crippen LogP contribution < -0.4 is 10.6 Å². The molecule has 1 amide bonds. The number of nitrogens with zero attached hydrogens (tertiary/aromatic N) is 4. The first kappa shape index (κ1) is 24.8. The van der Waals surface area contributed by atoms with E-state index in [0.717, 1.165) is 30.2 Å². The first-order valence-electron chi connectivity index (χ1n) is 10.7. The summed E-state index contributed by atoms with van der Waals surface area (Å²) in [5.41, 5.74) is 2.76. The third-order valence-electron chi connectivity index (χ3n) is 5.14. The molecular weight excluding hydrogens is 535 g/mol. The molecule has 0 saturated carbocycles. The number of furan rings is 1. The van der Waals surface area contributed by atoms with E-state index in [1.54, 1.807) is 16.8 Å². The fourth-order valence-electron chi connectivity index (χ4n) is 3.59. The third-order valence-corrected chi connectivity index (χ3v) is 5.14. The van der Waals surface area contributed by atoms with E-state index in [4.69, 9.17) is 14.1 Å². The smallest absolute Gasteiger partial charge is 0.291 e. The van der Waals surface area contributed by atoms with Crippen molar-refractivity contribution in [1.29, 1.82) is 0 Å². The van der Waals surface area contributed by atoms with Gasteiger partial charge in [0.25, 0.3) is 5.91 Å². The van der Waals surface area contributed by atoms with Gasteiger partial charge in [-0.2, -0.15) is 5.10 Å². The van der Waals surface area contributed by atoms with Crippen molar-refractivity contribution in [1.82, 2.24) is 20.0 Å². The number of hydrogen-bond donors (Lipinski definition) is 2. The Kier molecular flexibility index (Phi) is 8.89. The topological polar surface area (TPSA) is 96.9 Å². The molecule has 0 radical (unpaired) electrons. The molecule has 1 aliphatic rings. The molecule has 1 aliphatic heterocycles. The van der Waals surface area contributed by atoms with Gasteiger partial charge in [-0.1, -0.05) is 12.1 Å². The van der Waals surface area contributed by atoms with Gasteiger partial charge in [0.1, 0.15) is 6.10 Å². The number of anilines is 1. The van der Waals surface area contributed by atoms with Crippen molar-refractivity contribution in [2.75, 3.05) is 31.6 Å². The van der Waals surface area contributed by atoms with Crippen molar-refractivity contribution >= 4 is 41.5 Å². The van der Waals surface area contributed by atoms with Gasteiger partial charge in [-0.15, -0.1) is 24.0 Å². The Labute approximate surface area is 210 Å². The summed E-state index contributed by atoms with van der Waals surface area (Å²) in [7, 11) is 1.90. The average molecular weight is 564 g/mol. The monoisotopic (exact) mass is 564 g/mol. The largest absolute Gasteiger partial charge is 0.459 e. The molecular formula is C23H29IN6O3. The molecule has 1 saturated heterocycles. The van der Waals surface area contributed by atoms with Crippen LogP contribution in [0.2, 0.25) is 0 Å². The molecule has 3 heterocycles. The van der Waals surface area contributed by atoms with Crippen molar-refractivity contribution in [3.05, 3.63) is 71.9 Å². The number of ether oxygens (including phenoxy) is 1. The van der Waals surface area contributed by atoms with Gasteiger partial charge in [0.2, 0.25) is 0 Å². The van der Waals surface area contributed by atoms with E-state index in [1.807, 2.05) is 43.7 Å². The van der Waals surface area contributed by atoms with Crippen molar-refractivity contribution in [3.8, 4) is 0 Å². The molecule has 0 spiro atoms. The summed E-state index contributed by atoms with van der Waals surface area (Å²) >= 11 is 0. The highest BCUT2D eigenvalue weighted by Crippen LogP contribution is 2.22. The van der Waals surface area contributed by atoms with Gasteiger partial charge in [0.05, 0.1) is 32.2 Å². The molecule has 1 unspecified atom stereocenters. The van der Waals surface area contributed by atoms with Crippen LogP contribution in [0.3, 0.4) is 0 Å². The number of carbonyl (C=O) groups is 1. The molecule has 176 valence electrons. The zero-order valence-electron chi connectivity index (χ0n) is 18.7. The highest BCUT2D eigenvalue weighted by Gasteiger charge is 2.25. The van der Waals surface area contributed by atoms with Crippen molar-refractivity contribution in [2.24, 2.45) is 12.0 Å². The van der Waals surface area contributed by atoms with Crippen molar-refractivity contribution in [3.63, 3.8) is 0 Å². The zero-order valence-corrected chi connectivity index (χ0v) is 21.1. The predicted molar refractivity (Wildman–Crippen MR) is 137 cm³/mol. The van der Waals surface area contributed by atoms with Crippen LogP contribution in [0, 0.1) is 0 Å². The van der Waals surface area contributed by atoms with Crippen LogP contribution in [0.5, 0.6) is 0 Å². The quantitative estimate of drug-likeness (QED) is 0.271. The highest BCUT2D eigenvalue weighted by atomic mass is 127. The maximum atomic E-state index is 12.2. The number of morpholine rings is 1. The van der Waals surface area contributed by atoms with E-state index >= 15 is 0 Å². The van der Waals surface area contributed by atoms with Crippen LogP contribution >= 0.6 is 24.0 Å². The van der Waals surface area contributed by atoms with Gasteiger partial charge < -0.3 is 24.7 Å². The summed E-state index contributed by atoms with van der Waals surface area (Å²) in [6.07, 6.45) is 5.27.